The van der Waals surface area contributed by atoms with E-state index in [2.05, 4.69) is 15.6 Å². The quantitative estimate of drug-likeness (QED) is 0.935. The number of ether oxygens (including phenoxy) is 1. The summed E-state index contributed by atoms with van der Waals surface area (Å²) in [4.78, 5) is 12.2. The molecule has 0 spiro atoms. The highest BCUT2D eigenvalue weighted by Gasteiger charge is 2.20. The zero-order valence-corrected chi connectivity index (χ0v) is 13.2. The van der Waals surface area contributed by atoms with Crippen LogP contribution in [0.5, 0.6) is 0 Å². The Kier molecular flexibility index (Phi) is 4.38. The number of hydrogen-bond acceptors (Lipinski definition) is 4. The van der Waals surface area contributed by atoms with Crippen LogP contribution in [0.1, 0.15) is 34.6 Å². The summed E-state index contributed by atoms with van der Waals surface area (Å²) in [7, 11) is 0. The Balaban J connectivity index is 1.75. The van der Waals surface area contributed by atoms with E-state index >= 15 is 0 Å². The Morgan fingerprint density at radius 1 is 1.48 bits per heavy atom. The fourth-order valence-corrected chi connectivity index (χ4v) is 2.59. The van der Waals surface area contributed by atoms with Gasteiger partial charge in [0.2, 0.25) is 0 Å². The lowest BCUT2D eigenvalue weighted by Crippen LogP contribution is -2.32. The number of rotatable bonds is 4. The zero-order chi connectivity index (χ0) is 16.4. The summed E-state index contributed by atoms with van der Waals surface area (Å²) in [6.07, 6.45) is 2.05. The summed E-state index contributed by atoms with van der Waals surface area (Å²) in [6.45, 7) is 4.63. The van der Waals surface area contributed by atoms with Crippen LogP contribution in [-0.2, 0) is 4.74 Å². The molecule has 7 heteroatoms. The number of halogens is 1. The highest BCUT2D eigenvalue weighted by Crippen LogP contribution is 2.16. The van der Waals surface area contributed by atoms with Crippen molar-refractivity contribution in [2.75, 3.05) is 13.2 Å². The number of aromatic nitrogens is 3. The number of nitrogens with one attached hydrogen (secondary N) is 1. The van der Waals surface area contributed by atoms with Gasteiger partial charge in [-0.15, -0.1) is 5.10 Å². The average Bonchev–Trinajstić information content (AvgIpc) is 3.17. The van der Waals surface area contributed by atoms with Crippen LogP contribution in [0.25, 0.3) is 5.69 Å². The molecule has 1 amide bonds. The maximum Gasteiger partial charge on any atom is 0.273 e. The van der Waals surface area contributed by atoms with Gasteiger partial charge < -0.3 is 10.1 Å². The standard InChI is InChI=1S/C16H19FN4O2/c1-10-5-6-12(8-14(10)17)21-11(2)15(19-20-21)16(22)18-9-13-4-3-7-23-13/h5-6,8,13H,3-4,7,9H2,1-2H3,(H,18,22)/t13-/m1/s1. The third-order valence-electron chi connectivity index (χ3n) is 4.02. The molecule has 122 valence electrons. The van der Waals surface area contributed by atoms with E-state index in [9.17, 15) is 9.18 Å². The van der Waals surface area contributed by atoms with Crippen molar-refractivity contribution in [3.63, 3.8) is 0 Å². The molecule has 2 heterocycles. The molecule has 1 aromatic heterocycles. The van der Waals surface area contributed by atoms with Crippen LogP contribution >= 0.6 is 0 Å². The highest BCUT2D eigenvalue weighted by molar-refractivity contribution is 5.93. The molecule has 0 saturated carbocycles. The lowest BCUT2D eigenvalue weighted by molar-refractivity contribution is 0.0853. The van der Waals surface area contributed by atoms with Gasteiger partial charge in [0.25, 0.3) is 5.91 Å². The van der Waals surface area contributed by atoms with Crippen molar-refractivity contribution in [3.8, 4) is 5.69 Å². The number of amides is 1. The summed E-state index contributed by atoms with van der Waals surface area (Å²) in [6, 6.07) is 4.79. The van der Waals surface area contributed by atoms with E-state index in [1.54, 1.807) is 26.0 Å². The third kappa shape index (κ3) is 3.24. The fourth-order valence-electron chi connectivity index (χ4n) is 2.59. The predicted molar refractivity (Wildman–Crippen MR) is 82.1 cm³/mol. The number of aryl methyl sites for hydroxylation is 1. The van der Waals surface area contributed by atoms with Crippen LogP contribution < -0.4 is 5.32 Å². The third-order valence-corrected chi connectivity index (χ3v) is 4.02. The first-order chi connectivity index (χ1) is 11.1. The Bertz CT molecular complexity index is 723. The van der Waals surface area contributed by atoms with Crippen LogP contribution in [0.15, 0.2) is 18.2 Å². The number of hydrogen-bond donors (Lipinski definition) is 1. The molecule has 0 bridgehead atoms. The van der Waals surface area contributed by atoms with Gasteiger partial charge in [-0.05, 0) is 44.4 Å². The Morgan fingerprint density at radius 3 is 3.00 bits per heavy atom. The summed E-state index contributed by atoms with van der Waals surface area (Å²) < 4.78 is 20.6. The minimum atomic E-state index is -0.318. The van der Waals surface area contributed by atoms with Gasteiger partial charge in [0, 0.05) is 13.2 Å². The van der Waals surface area contributed by atoms with E-state index < -0.39 is 0 Å². The van der Waals surface area contributed by atoms with Crippen molar-refractivity contribution in [1.82, 2.24) is 20.3 Å². The predicted octanol–water partition coefficient (Wildman–Crippen LogP) is 1.93. The number of nitrogens with zero attached hydrogens (tertiary/aromatic N) is 3. The van der Waals surface area contributed by atoms with Crippen molar-refractivity contribution in [2.45, 2.75) is 32.8 Å². The lowest BCUT2D eigenvalue weighted by Gasteiger charge is -2.10. The maximum atomic E-state index is 13.7. The minimum Gasteiger partial charge on any atom is -0.376 e. The molecule has 1 aromatic carbocycles. The van der Waals surface area contributed by atoms with Gasteiger partial charge in [-0.3, -0.25) is 4.79 Å². The molecule has 2 aromatic rings. The van der Waals surface area contributed by atoms with Crippen LogP contribution in [0, 0.1) is 19.7 Å². The van der Waals surface area contributed by atoms with Gasteiger partial charge in [-0.25, -0.2) is 9.07 Å². The fraction of sp³-hybridized carbons (Fsp3) is 0.438. The molecule has 0 unspecified atom stereocenters. The first-order valence-corrected chi connectivity index (χ1v) is 7.65. The topological polar surface area (TPSA) is 69.0 Å². The highest BCUT2D eigenvalue weighted by atomic mass is 19.1. The molecule has 1 atom stereocenters. The van der Waals surface area contributed by atoms with Gasteiger partial charge in [0.15, 0.2) is 5.69 Å². The van der Waals surface area contributed by atoms with E-state index in [0.29, 0.717) is 23.5 Å². The Morgan fingerprint density at radius 2 is 2.30 bits per heavy atom. The van der Waals surface area contributed by atoms with E-state index in [0.717, 1.165) is 19.4 Å². The smallest absolute Gasteiger partial charge is 0.273 e. The van der Waals surface area contributed by atoms with Crippen molar-refractivity contribution >= 4 is 5.91 Å². The summed E-state index contributed by atoms with van der Waals surface area (Å²) >= 11 is 0. The zero-order valence-electron chi connectivity index (χ0n) is 13.2. The number of carbonyl (C=O) groups is 1. The number of carbonyl (C=O) groups excluding carboxylic acids is 1. The van der Waals surface area contributed by atoms with Gasteiger partial charge in [-0.2, -0.15) is 0 Å². The molecular formula is C16H19FN4O2. The van der Waals surface area contributed by atoms with Crippen molar-refractivity contribution in [3.05, 3.63) is 41.0 Å². The van der Waals surface area contributed by atoms with Crippen molar-refractivity contribution < 1.29 is 13.9 Å². The molecule has 1 fully saturated rings. The normalized spacial score (nSPS) is 17.4. The summed E-state index contributed by atoms with van der Waals surface area (Å²) in [5.41, 5.74) is 1.90. The largest absolute Gasteiger partial charge is 0.376 e. The molecule has 1 aliphatic rings. The molecule has 3 rings (SSSR count). The molecule has 6 nitrogen and oxygen atoms in total. The van der Waals surface area contributed by atoms with Crippen LogP contribution in [-0.4, -0.2) is 40.2 Å². The second-order valence-corrected chi connectivity index (χ2v) is 5.71. The average molecular weight is 318 g/mol. The van der Waals surface area contributed by atoms with E-state index in [1.807, 2.05) is 0 Å². The Hall–Kier alpha value is -2.28. The molecule has 1 saturated heterocycles. The summed E-state index contributed by atoms with van der Waals surface area (Å²) in [5.74, 6) is -0.612. The number of benzene rings is 1. The first kappa shape index (κ1) is 15.6. The van der Waals surface area contributed by atoms with Gasteiger partial charge in [-0.1, -0.05) is 11.3 Å². The van der Waals surface area contributed by atoms with Crippen LogP contribution in [0.3, 0.4) is 0 Å². The lowest BCUT2D eigenvalue weighted by atomic mass is 10.2. The molecule has 23 heavy (non-hydrogen) atoms. The monoisotopic (exact) mass is 318 g/mol. The second-order valence-electron chi connectivity index (χ2n) is 5.71. The van der Waals surface area contributed by atoms with Gasteiger partial charge in [0.1, 0.15) is 5.82 Å². The molecule has 1 N–H and O–H groups in total. The molecule has 0 aliphatic carbocycles. The van der Waals surface area contributed by atoms with Gasteiger partial charge >= 0.3 is 0 Å². The van der Waals surface area contributed by atoms with Crippen LogP contribution in [0.2, 0.25) is 0 Å². The van der Waals surface area contributed by atoms with Crippen LogP contribution in [0.4, 0.5) is 4.39 Å². The summed E-state index contributed by atoms with van der Waals surface area (Å²) in [5, 5.41) is 10.7. The Labute approximate surface area is 133 Å². The molecule has 0 radical (unpaired) electrons. The first-order valence-electron chi connectivity index (χ1n) is 7.65. The SMILES string of the molecule is Cc1ccc(-n2nnc(C(=O)NC[C@H]3CCCO3)c2C)cc1F. The van der Waals surface area contributed by atoms with E-state index in [-0.39, 0.29) is 23.5 Å². The van der Waals surface area contributed by atoms with E-state index in [4.69, 9.17) is 4.74 Å². The second kappa shape index (κ2) is 6.45. The van der Waals surface area contributed by atoms with Crippen molar-refractivity contribution in [2.24, 2.45) is 0 Å². The van der Waals surface area contributed by atoms with E-state index in [1.165, 1.54) is 10.7 Å². The van der Waals surface area contributed by atoms with Gasteiger partial charge in [0.05, 0.1) is 17.5 Å². The maximum absolute atomic E-state index is 13.7. The molecule has 1 aliphatic heterocycles. The van der Waals surface area contributed by atoms with Crippen molar-refractivity contribution in [1.29, 1.82) is 0 Å². The molecular weight excluding hydrogens is 299 g/mol. The minimum absolute atomic E-state index is 0.0699.